The predicted octanol–water partition coefficient (Wildman–Crippen LogP) is 3.15. The monoisotopic (exact) mass is 699 g/mol. The van der Waals surface area contributed by atoms with Gasteiger partial charge >= 0.3 is 6.03 Å². The van der Waals surface area contributed by atoms with Gasteiger partial charge in [-0.15, -0.1) is 0 Å². The average molecular weight is 700 g/mol. The van der Waals surface area contributed by atoms with Crippen LogP contribution >= 0.6 is 0 Å². The molecule has 0 radical (unpaired) electrons. The van der Waals surface area contributed by atoms with E-state index >= 15 is 4.79 Å². The number of nitrogens with zero attached hydrogens (tertiary/aromatic N) is 6. The Kier molecular flexibility index (Phi) is 8.92. The summed E-state index contributed by atoms with van der Waals surface area (Å²) in [5, 5.41) is 12.9. The van der Waals surface area contributed by atoms with Crippen molar-refractivity contribution >= 4 is 27.6 Å². The van der Waals surface area contributed by atoms with E-state index in [1.807, 2.05) is 0 Å². The molecule has 14 heteroatoms. The molecule has 1 unspecified atom stereocenters. The summed E-state index contributed by atoms with van der Waals surface area (Å²) in [4.78, 5) is 40.0. The molecular formula is C36H41N7O6S. The maximum Gasteiger partial charge on any atom is 0.318 e. The predicted molar refractivity (Wildman–Crippen MR) is 184 cm³/mol. The fourth-order valence-corrected chi connectivity index (χ4v) is 9.27. The van der Waals surface area contributed by atoms with Crippen LogP contribution in [-0.2, 0) is 20.4 Å². The van der Waals surface area contributed by atoms with E-state index in [4.69, 9.17) is 9.47 Å². The number of anilines is 1. The number of amides is 3. The molecule has 50 heavy (non-hydrogen) atoms. The molecule has 262 valence electrons. The summed E-state index contributed by atoms with van der Waals surface area (Å²) >= 11 is 0. The van der Waals surface area contributed by atoms with Gasteiger partial charge in [-0.05, 0) is 87.5 Å². The number of urea groups is 1. The van der Waals surface area contributed by atoms with Crippen molar-refractivity contribution in [2.45, 2.75) is 36.6 Å². The van der Waals surface area contributed by atoms with Gasteiger partial charge in [-0.2, -0.15) is 9.57 Å². The standard InChI is InChI=1S/C36H41N7O6S/c1-3-49-32-29(8-7-15-38-32)36(39-34(45)42-24-35(25-42)22-41(23-35)19-18-40-16-5-4-6-17-40)30-20-26(21-37)9-14-31(30)43(33(36)44)50(46,47)28-12-10-27(48-2)11-13-28/h7-15,20H,3-6,16-19,22-25H2,1-2H3,(H,39,45). The molecule has 3 saturated heterocycles. The summed E-state index contributed by atoms with van der Waals surface area (Å²) in [6, 6.07) is 14.7. The number of hydrogen-bond donors (Lipinski definition) is 1. The van der Waals surface area contributed by atoms with Crippen molar-refractivity contribution in [1.82, 2.24) is 25.0 Å². The molecule has 3 fully saturated rings. The third kappa shape index (κ3) is 5.73. The number of fused-ring (bicyclic) bond motifs is 1. The lowest BCUT2D eigenvalue weighted by atomic mass is 9.73. The van der Waals surface area contributed by atoms with Crippen LogP contribution in [0.5, 0.6) is 11.6 Å². The van der Waals surface area contributed by atoms with Crippen LogP contribution in [0.25, 0.3) is 0 Å². The first-order valence-electron chi connectivity index (χ1n) is 17.0. The SMILES string of the molecule is CCOc1ncccc1C1(NC(=O)N2CC3(CN(CCN4CCCCC4)C3)C2)C(=O)N(S(=O)(=O)c2ccc(OC)cc2)c2ccc(C#N)cc21. The van der Waals surface area contributed by atoms with Gasteiger partial charge in [0.2, 0.25) is 5.88 Å². The fourth-order valence-electron chi connectivity index (χ4n) is 7.80. The van der Waals surface area contributed by atoms with Gasteiger partial charge in [0.1, 0.15) is 5.75 Å². The average Bonchev–Trinajstić information content (AvgIpc) is 3.35. The summed E-state index contributed by atoms with van der Waals surface area (Å²) in [5.74, 6) is -0.439. The van der Waals surface area contributed by atoms with Crippen molar-refractivity contribution in [2.75, 3.05) is 70.4 Å². The minimum Gasteiger partial charge on any atom is -0.497 e. The number of likely N-dealkylation sites (tertiary alicyclic amines) is 3. The highest BCUT2D eigenvalue weighted by molar-refractivity contribution is 7.93. The van der Waals surface area contributed by atoms with E-state index in [1.165, 1.54) is 75.0 Å². The smallest absolute Gasteiger partial charge is 0.318 e. The highest BCUT2D eigenvalue weighted by atomic mass is 32.2. The van der Waals surface area contributed by atoms with E-state index in [2.05, 4.69) is 26.2 Å². The van der Waals surface area contributed by atoms with E-state index in [0.717, 1.165) is 39.3 Å². The second kappa shape index (κ2) is 13.2. The van der Waals surface area contributed by atoms with Crippen LogP contribution in [-0.4, -0.2) is 106 Å². The minimum absolute atomic E-state index is 0.00744. The molecule has 1 N–H and O–H groups in total. The first kappa shape index (κ1) is 33.8. The summed E-state index contributed by atoms with van der Waals surface area (Å²) in [5.41, 5.74) is -1.61. The summed E-state index contributed by atoms with van der Waals surface area (Å²) in [6.45, 7) is 9.14. The van der Waals surface area contributed by atoms with Crippen molar-refractivity contribution < 1.29 is 27.5 Å². The number of methoxy groups -OCH3 is 1. The number of pyridine rings is 1. The van der Waals surface area contributed by atoms with Gasteiger partial charge in [0, 0.05) is 56.4 Å². The largest absolute Gasteiger partial charge is 0.497 e. The van der Waals surface area contributed by atoms with Gasteiger partial charge < -0.3 is 29.5 Å². The van der Waals surface area contributed by atoms with Crippen molar-refractivity contribution in [3.05, 3.63) is 77.5 Å². The number of nitriles is 1. The second-order valence-electron chi connectivity index (χ2n) is 13.5. The Labute approximate surface area is 292 Å². The number of carbonyl (C=O) groups excluding carboxylic acids is 2. The first-order valence-corrected chi connectivity index (χ1v) is 18.5. The second-order valence-corrected chi connectivity index (χ2v) is 15.3. The highest BCUT2D eigenvalue weighted by Crippen LogP contribution is 2.50. The number of rotatable bonds is 10. The molecular weight excluding hydrogens is 659 g/mol. The van der Waals surface area contributed by atoms with E-state index in [0.29, 0.717) is 23.1 Å². The third-order valence-electron chi connectivity index (χ3n) is 10.2. The van der Waals surface area contributed by atoms with E-state index in [9.17, 15) is 18.5 Å². The number of nitrogens with one attached hydrogen (secondary N) is 1. The summed E-state index contributed by atoms with van der Waals surface area (Å²) in [7, 11) is -3.05. The Morgan fingerprint density at radius 2 is 1.70 bits per heavy atom. The van der Waals surface area contributed by atoms with Gasteiger partial charge in [-0.3, -0.25) is 4.79 Å². The number of piperidine rings is 1. The van der Waals surface area contributed by atoms with Crippen molar-refractivity contribution in [2.24, 2.45) is 5.41 Å². The Morgan fingerprint density at radius 1 is 0.980 bits per heavy atom. The molecule has 2 aromatic carbocycles. The molecule has 0 bridgehead atoms. The van der Waals surface area contributed by atoms with Crippen molar-refractivity contribution in [3.8, 4) is 17.7 Å². The number of carbonyl (C=O) groups is 2. The molecule has 1 spiro atoms. The Hall–Kier alpha value is -4.71. The quantitative estimate of drug-likeness (QED) is 0.335. The van der Waals surface area contributed by atoms with Crippen LogP contribution < -0.4 is 19.1 Å². The molecule has 4 aliphatic rings. The van der Waals surface area contributed by atoms with Gasteiger partial charge in [0.15, 0.2) is 5.54 Å². The molecule has 4 aliphatic heterocycles. The van der Waals surface area contributed by atoms with Gasteiger partial charge in [0.05, 0.1) is 41.5 Å². The molecule has 7 rings (SSSR count). The molecule has 3 aromatic rings. The van der Waals surface area contributed by atoms with E-state index < -0.39 is 27.5 Å². The Balaban J connectivity index is 1.21. The van der Waals surface area contributed by atoms with E-state index in [1.54, 1.807) is 24.0 Å². The van der Waals surface area contributed by atoms with Crippen LogP contribution in [0.3, 0.4) is 0 Å². The molecule has 0 aliphatic carbocycles. The topological polar surface area (TPSA) is 148 Å². The number of hydrogen-bond acceptors (Lipinski definition) is 10. The zero-order valence-electron chi connectivity index (χ0n) is 28.3. The van der Waals surface area contributed by atoms with Crippen LogP contribution in [0.1, 0.15) is 42.9 Å². The zero-order chi connectivity index (χ0) is 35.1. The normalized spacial score (nSPS) is 21.6. The molecule has 3 amide bonds. The number of ether oxygens (including phenoxy) is 2. The van der Waals surface area contributed by atoms with Crippen LogP contribution in [0.2, 0.25) is 0 Å². The molecule has 5 heterocycles. The summed E-state index contributed by atoms with van der Waals surface area (Å²) in [6.07, 6.45) is 5.32. The van der Waals surface area contributed by atoms with Crippen LogP contribution in [0, 0.1) is 16.7 Å². The maximum atomic E-state index is 15.0. The maximum absolute atomic E-state index is 15.0. The van der Waals surface area contributed by atoms with Gasteiger partial charge in [-0.25, -0.2) is 18.2 Å². The third-order valence-corrected chi connectivity index (χ3v) is 12.0. The lowest BCUT2D eigenvalue weighted by Gasteiger charge is -2.60. The number of aromatic nitrogens is 1. The number of sulfonamides is 1. The Bertz CT molecular complexity index is 1930. The lowest BCUT2D eigenvalue weighted by molar-refractivity contribution is -0.122. The first-order chi connectivity index (χ1) is 24.1. The molecule has 13 nitrogen and oxygen atoms in total. The van der Waals surface area contributed by atoms with E-state index in [-0.39, 0.29) is 45.2 Å². The Morgan fingerprint density at radius 3 is 2.38 bits per heavy atom. The molecule has 1 atom stereocenters. The summed E-state index contributed by atoms with van der Waals surface area (Å²) < 4.78 is 40.4. The van der Waals surface area contributed by atoms with Crippen LogP contribution in [0.15, 0.2) is 65.7 Å². The zero-order valence-corrected chi connectivity index (χ0v) is 29.1. The fraction of sp³-hybridized carbons (Fsp3) is 0.444. The molecule has 1 aromatic heterocycles. The van der Waals surface area contributed by atoms with Crippen molar-refractivity contribution in [3.63, 3.8) is 0 Å². The highest BCUT2D eigenvalue weighted by Gasteiger charge is 2.60. The lowest BCUT2D eigenvalue weighted by Crippen LogP contribution is -2.74. The molecule has 0 saturated carbocycles. The number of benzene rings is 2. The van der Waals surface area contributed by atoms with Crippen molar-refractivity contribution in [1.29, 1.82) is 5.26 Å². The van der Waals surface area contributed by atoms with Crippen LogP contribution in [0.4, 0.5) is 10.5 Å². The van der Waals surface area contributed by atoms with Gasteiger partial charge in [0.25, 0.3) is 15.9 Å². The minimum atomic E-state index is -4.52. The van der Waals surface area contributed by atoms with Gasteiger partial charge in [-0.1, -0.05) is 6.42 Å².